The number of nitrogens with zero attached hydrogens (tertiary/aromatic N) is 5. The second kappa shape index (κ2) is 7.56. The summed E-state index contributed by atoms with van der Waals surface area (Å²) in [6.07, 6.45) is 9.93. The zero-order valence-corrected chi connectivity index (χ0v) is 18.7. The first-order valence-electron chi connectivity index (χ1n) is 11.7. The predicted octanol–water partition coefficient (Wildman–Crippen LogP) is 4.63. The van der Waals surface area contributed by atoms with Gasteiger partial charge in [-0.25, -0.2) is 9.97 Å². The lowest BCUT2D eigenvalue weighted by Gasteiger charge is -2.47. The number of piperidine rings is 1. The van der Waals surface area contributed by atoms with Gasteiger partial charge < -0.3 is 15.0 Å². The van der Waals surface area contributed by atoms with Gasteiger partial charge in [0.1, 0.15) is 0 Å². The second-order valence-electron chi connectivity index (χ2n) is 9.42. The summed E-state index contributed by atoms with van der Waals surface area (Å²) >= 11 is 0. The highest BCUT2D eigenvalue weighted by Gasteiger charge is 2.41. The van der Waals surface area contributed by atoms with E-state index in [1.54, 1.807) is 0 Å². The predicted molar refractivity (Wildman–Crippen MR) is 132 cm³/mol. The minimum absolute atomic E-state index is 0.453. The Morgan fingerprint density at radius 1 is 1.00 bits per heavy atom. The van der Waals surface area contributed by atoms with Gasteiger partial charge in [0.15, 0.2) is 11.5 Å². The van der Waals surface area contributed by atoms with Crippen LogP contribution in [0.4, 0.5) is 17.2 Å². The number of aromatic nitrogens is 5. The molecule has 2 fully saturated rings. The Hall–Kier alpha value is -3.91. The monoisotopic (exact) mass is 451 g/mol. The van der Waals surface area contributed by atoms with Crippen LogP contribution in [-0.4, -0.2) is 50.9 Å². The minimum Gasteiger partial charge on any atom is -0.380 e. The molecule has 0 bridgehead atoms. The SMILES string of the molecule is c1cn2c(n1)c(Nc1ccc(N3CCC4(CC3)COC4)cc1)nc1ccc(-c3cn[nH]c3)cc12. The van der Waals surface area contributed by atoms with E-state index < -0.39 is 0 Å². The summed E-state index contributed by atoms with van der Waals surface area (Å²) in [5, 5.41) is 10.4. The van der Waals surface area contributed by atoms with Crippen molar-refractivity contribution in [1.82, 2.24) is 24.6 Å². The van der Waals surface area contributed by atoms with Crippen molar-refractivity contribution >= 4 is 33.9 Å². The number of fused-ring (bicyclic) bond motifs is 3. The van der Waals surface area contributed by atoms with Crippen LogP contribution in [0.2, 0.25) is 0 Å². The maximum atomic E-state index is 5.46. The first-order valence-corrected chi connectivity index (χ1v) is 11.7. The average Bonchev–Trinajstić information content (AvgIpc) is 3.57. The number of imidazole rings is 1. The van der Waals surface area contributed by atoms with Gasteiger partial charge in [0, 0.05) is 54.0 Å². The van der Waals surface area contributed by atoms with Gasteiger partial charge in [-0.2, -0.15) is 5.10 Å². The van der Waals surface area contributed by atoms with Crippen molar-refractivity contribution in [2.75, 3.05) is 36.5 Å². The molecule has 0 unspecified atom stereocenters. The van der Waals surface area contributed by atoms with E-state index in [1.165, 1.54) is 18.5 Å². The molecule has 5 heterocycles. The van der Waals surface area contributed by atoms with Crippen LogP contribution in [-0.2, 0) is 4.74 Å². The van der Waals surface area contributed by atoms with Crippen molar-refractivity contribution in [2.24, 2.45) is 5.41 Å². The van der Waals surface area contributed by atoms with Crippen LogP contribution in [0.3, 0.4) is 0 Å². The van der Waals surface area contributed by atoms with Gasteiger partial charge in [-0.1, -0.05) is 6.07 Å². The standard InChI is InChI=1S/C26H25N7O/c1-6-22-23(13-18(1)19-14-28-29-15-19)33-12-9-27-25(33)24(31-22)30-20-2-4-21(5-3-20)32-10-7-26(8-11-32)16-34-17-26/h1-6,9,12-15H,7-8,10-11,16-17H2,(H,28,29)(H,30,31). The van der Waals surface area contributed by atoms with Crippen molar-refractivity contribution in [3.8, 4) is 11.1 Å². The smallest absolute Gasteiger partial charge is 0.180 e. The first kappa shape index (κ1) is 19.5. The van der Waals surface area contributed by atoms with Gasteiger partial charge in [-0.15, -0.1) is 0 Å². The Balaban J connectivity index is 1.16. The number of aromatic amines is 1. The summed E-state index contributed by atoms with van der Waals surface area (Å²) in [7, 11) is 0. The van der Waals surface area contributed by atoms with E-state index in [4.69, 9.17) is 9.72 Å². The number of ether oxygens (including phenoxy) is 1. The van der Waals surface area contributed by atoms with Crippen LogP contribution >= 0.6 is 0 Å². The fraction of sp³-hybridized carbons (Fsp3) is 0.269. The highest BCUT2D eigenvalue weighted by atomic mass is 16.5. The molecule has 170 valence electrons. The molecule has 8 heteroatoms. The molecule has 3 aromatic heterocycles. The summed E-state index contributed by atoms with van der Waals surface area (Å²) in [5.74, 6) is 0.742. The Bertz CT molecular complexity index is 1460. The topological polar surface area (TPSA) is 83.4 Å². The number of hydrogen-bond donors (Lipinski definition) is 2. The van der Waals surface area contributed by atoms with E-state index in [0.29, 0.717) is 5.41 Å². The van der Waals surface area contributed by atoms with Gasteiger partial charge in [0.25, 0.3) is 0 Å². The van der Waals surface area contributed by atoms with E-state index >= 15 is 0 Å². The molecule has 0 atom stereocenters. The van der Waals surface area contributed by atoms with Gasteiger partial charge in [0.2, 0.25) is 0 Å². The van der Waals surface area contributed by atoms with Crippen molar-refractivity contribution in [3.05, 3.63) is 67.3 Å². The largest absolute Gasteiger partial charge is 0.380 e. The molecular formula is C26H25N7O. The lowest BCUT2D eigenvalue weighted by atomic mass is 9.77. The summed E-state index contributed by atoms with van der Waals surface area (Å²) in [6.45, 7) is 4.07. The Kier molecular flexibility index (Phi) is 4.35. The molecule has 2 aliphatic heterocycles. The van der Waals surface area contributed by atoms with Crippen molar-refractivity contribution in [2.45, 2.75) is 12.8 Å². The molecule has 5 aromatic rings. The van der Waals surface area contributed by atoms with Crippen LogP contribution < -0.4 is 10.2 Å². The summed E-state index contributed by atoms with van der Waals surface area (Å²) in [6, 6.07) is 14.9. The van der Waals surface area contributed by atoms with Crippen molar-refractivity contribution in [3.63, 3.8) is 0 Å². The summed E-state index contributed by atoms with van der Waals surface area (Å²) in [5.41, 5.74) is 7.55. The Morgan fingerprint density at radius 3 is 2.59 bits per heavy atom. The van der Waals surface area contributed by atoms with Crippen molar-refractivity contribution in [1.29, 1.82) is 0 Å². The molecule has 0 amide bonds. The summed E-state index contributed by atoms with van der Waals surface area (Å²) < 4.78 is 7.54. The van der Waals surface area contributed by atoms with E-state index in [-0.39, 0.29) is 0 Å². The lowest BCUT2D eigenvalue weighted by Crippen LogP contribution is -2.50. The highest BCUT2D eigenvalue weighted by molar-refractivity contribution is 5.87. The number of H-pyrrole nitrogens is 1. The van der Waals surface area contributed by atoms with Gasteiger partial charge in [-0.05, 0) is 54.8 Å². The lowest BCUT2D eigenvalue weighted by molar-refractivity contribution is -0.124. The number of rotatable bonds is 4. The molecule has 8 nitrogen and oxygen atoms in total. The average molecular weight is 452 g/mol. The molecule has 34 heavy (non-hydrogen) atoms. The zero-order chi connectivity index (χ0) is 22.5. The van der Waals surface area contributed by atoms with Gasteiger partial charge in [-0.3, -0.25) is 9.50 Å². The molecule has 2 aliphatic rings. The van der Waals surface area contributed by atoms with Crippen LogP contribution in [0.25, 0.3) is 27.8 Å². The maximum absolute atomic E-state index is 5.46. The normalized spacial score (nSPS) is 17.4. The van der Waals surface area contributed by atoms with E-state index in [1.807, 2.05) is 30.9 Å². The molecule has 0 radical (unpaired) electrons. The van der Waals surface area contributed by atoms with E-state index in [2.05, 4.69) is 66.2 Å². The minimum atomic E-state index is 0.453. The second-order valence-corrected chi connectivity index (χ2v) is 9.42. The van der Waals surface area contributed by atoms with E-state index in [0.717, 1.165) is 65.6 Å². The van der Waals surface area contributed by atoms with Crippen LogP contribution in [0, 0.1) is 5.41 Å². The molecule has 2 N–H and O–H groups in total. The van der Waals surface area contributed by atoms with Gasteiger partial charge in [0.05, 0.1) is 30.4 Å². The van der Waals surface area contributed by atoms with Crippen molar-refractivity contribution < 1.29 is 4.74 Å². The third-order valence-electron chi connectivity index (χ3n) is 7.29. The number of nitrogens with one attached hydrogen (secondary N) is 2. The third kappa shape index (κ3) is 3.21. The first-order chi connectivity index (χ1) is 16.8. The van der Waals surface area contributed by atoms with Crippen LogP contribution in [0.15, 0.2) is 67.3 Å². The molecule has 1 spiro atoms. The molecule has 7 rings (SSSR count). The van der Waals surface area contributed by atoms with Crippen LogP contribution in [0.5, 0.6) is 0 Å². The molecule has 2 saturated heterocycles. The number of hydrogen-bond acceptors (Lipinski definition) is 6. The Labute approximate surface area is 196 Å². The highest BCUT2D eigenvalue weighted by Crippen LogP contribution is 2.39. The quantitative estimate of drug-likeness (QED) is 0.414. The molecule has 2 aromatic carbocycles. The molecule has 0 saturated carbocycles. The maximum Gasteiger partial charge on any atom is 0.180 e. The fourth-order valence-corrected chi connectivity index (χ4v) is 5.14. The number of anilines is 3. The van der Waals surface area contributed by atoms with Gasteiger partial charge >= 0.3 is 0 Å². The molecule has 0 aliphatic carbocycles. The molecular weight excluding hydrogens is 426 g/mol. The van der Waals surface area contributed by atoms with Crippen LogP contribution in [0.1, 0.15) is 12.8 Å². The Morgan fingerprint density at radius 2 is 1.85 bits per heavy atom. The fourth-order valence-electron chi connectivity index (χ4n) is 5.14. The third-order valence-corrected chi connectivity index (χ3v) is 7.29. The van der Waals surface area contributed by atoms with E-state index in [9.17, 15) is 0 Å². The zero-order valence-electron chi connectivity index (χ0n) is 18.7. The number of benzene rings is 2. The summed E-state index contributed by atoms with van der Waals surface area (Å²) in [4.78, 5) is 12.0.